The van der Waals surface area contributed by atoms with Gasteiger partial charge in [-0.2, -0.15) is 0 Å². The topological polar surface area (TPSA) is 315 Å². The largest absolute Gasteiger partial charge is 1.00 e. The van der Waals surface area contributed by atoms with Crippen molar-refractivity contribution < 1.29 is 118 Å². The van der Waals surface area contributed by atoms with Gasteiger partial charge in [0.05, 0.1) is 71.7 Å². The number of carboxylic acid groups (broad SMARTS) is 4. The fourth-order valence-corrected chi connectivity index (χ4v) is 9.09. The number of aromatic nitrogens is 6. The van der Waals surface area contributed by atoms with Crippen LogP contribution in [0, 0.1) is 11.8 Å². The van der Waals surface area contributed by atoms with Crippen molar-refractivity contribution in [1.29, 1.82) is 0 Å². The van der Waals surface area contributed by atoms with Crippen molar-refractivity contribution in [1.82, 2.24) is 50.4 Å². The molecule has 4 aliphatic rings. The molecule has 2 aromatic rings. The number of carbonyl (C=O) groups excluding carboxylic acids is 6. The molecule has 300 valence electrons. The molecule has 2 fully saturated rings. The Bertz CT molecular complexity index is 1920. The van der Waals surface area contributed by atoms with Crippen molar-refractivity contribution in [3.8, 4) is 0 Å². The smallest absolute Gasteiger partial charge is 0.543 e. The van der Waals surface area contributed by atoms with Crippen molar-refractivity contribution in [2.45, 2.75) is 64.7 Å². The molecule has 58 heavy (non-hydrogen) atoms. The van der Waals surface area contributed by atoms with Gasteiger partial charge in [0.1, 0.15) is 0 Å². The molecule has 0 unspecified atom stereocenters. The third-order valence-electron chi connectivity index (χ3n) is 9.56. The molecule has 0 saturated carbocycles. The second kappa shape index (κ2) is 20.5. The summed E-state index contributed by atoms with van der Waals surface area (Å²) in [6, 6.07) is -1.70. The Morgan fingerprint density at radius 1 is 0.724 bits per heavy atom. The Morgan fingerprint density at radius 3 is 1.34 bits per heavy atom. The average Bonchev–Trinajstić information content (AvgIpc) is 3.92. The van der Waals surface area contributed by atoms with Crippen molar-refractivity contribution in [3.05, 3.63) is 45.0 Å². The summed E-state index contributed by atoms with van der Waals surface area (Å²) < 4.78 is 2.62. The average molecular weight is 863 g/mol. The monoisotopic (exact) mass is 862 g/mol. The number of fused-ring (bicyclic) bond motifs is 2. The van der Waals surface area contributed by atoms with E-state index in [1.54, 1.807) is 13.8 Å². The number of hydrogen-bond acceptors (Lipinski definition) is 16. The standard InChI is InChI=1S/2C16H19N5O6S.2Na/c2*1-7(20-6-9(15(24)25)18-19-20)12-10-5-11(28-4-3-17-8(2)22)13(16(26)27)21(10)14(12)23;;/h2*6-7,10,12H,3-5H2,1-2H3,(H,17,22)(H,24,25)(H,26,27);;/q;;2*+1/p-2/t2*7-,10-,12-;;/m11../s1. The van der Waals surface area contributed by atoms with Crippen LogP contribution >= 0.6 is 23.5 Å². The Kier molecular flexibility index (Phi) is 17.1. The first-order valence-electron chi connectivity index (χ1n) is 17.0. The van der Waals surface area contributed by atoms with Gasteiger partial charge in [0.15, 0.2) is 11.4 Å². The van der Waals surface area contributed by atoms with Gasteiger partial charge in [0, 0.05) is 61.1 Å². The number of aliphatic carboxylic acids is 2. The molecule has 6 rings (SSSR count). The van der Waals surface area contributed by atoms with Crippen LogP contribution < -0.4 is 80.0 Å². The van der Waals surface area contributed by atoms with Gasteiger partial charge in [-0.25, -0.2) is 19.0 Å². The summed E-state index contributed by atoms with van der Waals surface area (Å²) >= 11 is 2.53. The molecular weight excluding hydrogens is 827 g/mol. The van der Waals surface area contributed by atoms with Crippen molar-refractivity contribution >= 4 is 71.0 Å². The zero-order valence-corrected chi connectivity index (χ0v) is 37.9. The molecule has 4 aliphatic heterocycles. The predicted molar refractivity (Wildman–Crippen MR) is 187 cm³/mol. The van der Waals surface area contributed by atoms with Gasteiger partial charge in [-0.1, -0.05) is 10.4 Å². The van der Waals surface area contributed by atoms with E-state index in [9.17, 15) is 48.6 Å². The van der Waals surface area contributed by atoms with Crippen LogP contribution in [0.1, 0.15) is 73.6 Å². The van der Waals surface area contributed by atoms with Gasteiger partial charge in [0.2, 0.25) is 23.6 Å². The molecule has 26 heteroatoms. The predicted octanol–water partition coefficient (Wildman–Crippen LogP) is -8.79. The number of aromatic carboxylic acids is 2. The molecular formula is C32H36N10Na2O12S2. The summed E-state index contributed by atoms with van der Waals surface area (Å²) in [7, 11) is 0. The zero-order valence-electron chi connectivity index (χ0n) is 32.2. The molecule has 2 aromatic heterocycles. The first kappa shape index (κ1) is 48.6. The van der Waals surface area contributed by atoms with Crippen LogP contribution in [0.15, 0.2) is 33.6 Å². The quantitative estimate of drug-likeness (QED) is 0.0692. The van der Waals surface area contributed by atoms with Gasteiger partial charge >= 0.3 is 71.1 Å². The first-order chi connectivity index (χ1) is 26.4. The third kappa shape index (κ3) is 10.1. The SMILES string of the molecule is CC(=O)NCCSC1=C(C(=O)[O-])N2C(=O)[C@H]([C@@H](C)n3cc(C(=O)O)nn3)[C@H]2C1.CC(=O)NCCSC1=C(C(=O)[O-])N2C(=O)[C@H]([C@@H](C)n3cc(C(=O)O)nn3)[C@H]2C1.[Na+].[Na+]. The zero-order chi connectivity index (χ0) is 41.2. The van der Waals surface area contributed by atoms with E-state index in [2.05, 4.69) is 31.3 Å². The summed E-state index contributed by atoms with van der Waals surface area (Å²) in [5.74, 6) is -6.56. The number of amides is 4. The number of hydrogen-bond donors (Lipinski definition) is 4. The van der Waals surface area contributed by atoms with Crippen LogP contribution in [-0.4, -0.2) is 134 Å². The van der Waals surface area contributed by atoms with Crippen molar-refractivity contribution in [2.75, 3.05) is 24.6 Å². The first-order valence-corrected chi connectivity index (χ1v) is 19.0. The maximum absolute atomic E-state index is 12.6. The minimum atomic E-state index is -1.42. The van der Waals surface area contributed by atoms with E-state index >= 15 is 0 Å². The number of β-lactam (4-membered cyclic amide) rings is 2. The molecule has 0 radical (unpaired) electrons. The maximum Gasteiger partial charge on any atom is 1.00 e. The number of nitrogens with zero attached hydrogens (tertiary/aromatic N) is 8. The Hall–Kier alpha value is -3.78. The second-order valence-corrected chi connectivity index (χ2v) is 15.4. The molecule has 6 atom stereocenters. The second-order valence-electron chi connectivity index (χ2n) is 13.1. The van der Waals surface area contributed by atoms with Crippen LogP contribution in [-0.2, 0) is 28.8 Å². The van der Waals surface area contributed by atoms with Gasteiger partial charge in [-0.05, 0) is 13.8 Å². The maximum atomic E-state index is 12.6. The molecule has 2 saturated heterocycles. The molecule has 6 heterocycles. The van der Waals surface area contributed by atoms with E-state index in [4.69, 9.17) is 10.2 Å². The molecule has 22 nitrogen and oxygen atoms in total. The Labute approximate surface area is 382 Å². The van der Waals surface area contributed by atoms with Crippen molar-refractivity contribution in [3.63, 3.8) is 0 Å². The summed E-state index contributed by atoms with van der Waals surface area (Å²) in [5, 5.41) is 61.0. The number of rotatable bonds is 16. The minimum Gasteiger partial charge on any atom is -0.543 e. The van der Waals surface area contributed by atoms with E-state index in [-0.39, 0.29) is 118 Å². The Morgan fingerprint density at radius 2 is 1.07 bits per heavy atom. The Balaban J connectivity index is 0.000000300. The van der Waals surface area contributed by atoms with Crippen LogP contribution in [0.25, 0.3) is 0 Å². The van der Waals surface area contributed by atoms with E-state index < -0.39 is 47.8 Å². The number of carbonyl (C=O) groups is 8. The van der Waals surface area contributed by atoms with Gasteiger partial charge in [0.25, 0.3) is 0 Å². The molecule has 0 aliphatic carbocycles. The number of nitrogens with one attached hydrogen (secondary N) is 2. The third-order valence-corrected chi connectivity index (χ3v) is 11.8. The van der Waals surface area contributed by atoms with Crippen LogP contribution in [0.3, 0.4) is 0 Å². The molecule has 0 bridgehead atoms. The van der Waals surface area contributed by atoms with Crippen LogP contribution in [0.5, 0.6) is 0 Å². The number of carboxylic acids is 4. The van der Waals surface area contributed by atoms with Crippen LogP contribution in [0.2, 0.25) is 0 Å². The summed E-state index contributed by atoms with van der Waals surface area (Å²) in [6.45, 7) is 6.95. The minimum absolute atomic E-state index is 0. The van der Waals surface area contributed by atoms with E-state index in [1.807, 2.05) is 0 Å². The molecule has 4 N–H and O–H groups in total. The normalized spacial score (nSPS) is 21.2. The van der Waals surface area contributed by atoms with E-state index in [0.29, 0.717) is 47.2 Å². The van der Waals surface area contributed by atoms with Gasteiger partial charge in [-0.15, -0.1) is 33.7 Å². The fourth-order valence-electron chi connectivity index (χ4n) is 6.98. The van der Waals surface area contributed by atoms with Gasteiger partial charge < -0.3 is 50.4 Å². The van der Waals surface area contributed by atoms with Gasteiger partial charge in [-0.3, -0.25) is 19.2 Å². The summed E-state index contributed by atoms with van der Waals surface area (Å²) in [6.07, 6.45) is 3.20. The van der Waals surface area contributed by atoms with Crippen LogP contribution in [0.4, 0.5) is 0 Å². The molecule has 4 amide bonds. The molecule has 0 spiro atoms. The molecule has 0 aromatic carbocycles. The number of thioether (sulfide) groups is 2. The fraction of sp³-hybridized carbons (Fsp3) is 0.500. The van der Waals surface area contributed by atoms with E-state index in [1.165, 1.54) is 68.9 Å². The summed E-state index contributed by atoms with van der Waals surface area (Å²) in [4.78, 5) is 95.7. The van der Waals surface area contributed by atoms with Crippen molar-refractivity contribution in [2.24, 2.45) is 11.8 Å². The summed E-state index contributed by atoms with van der Waals surface area (Å²) in [5.41, 5.74) is -0.721. The van der Waals surface area contributed by atoms with E-state index in [0.717, 1.165) is 0 Å².